The molecule has 0 saturated heterocycles. The third-order valence-electron chi connectivity index (χ3n) is 9.29. The van der Waals surface area contributed by atoms with Gasteiger partial charge < -0.3 is 9.88 Å². The smallest absolute Gasteiger partial charge is 0.253 e. The van der Waals surface area contributed by atoms with Crippen LogP contribution in [-0.2, 0) is 0 Å². The molecule has 1 spiro atoms. The zero-order valence-electron chi connectivity index (χ0n) is 18.6. The van der Waals surface area contributed by atoms with E-state index in [0.717, 1.165) is 6.42 Å². The number of hydrogen-bond acceptors (Lipinski definition) is 3. The summed E-state index contributed by atoms with van der Waals surface area (Å²) in [5, 5.41) is 3.43. The second kappa shape index (κ2) is 6.66. The lowest BCUT2D eigenvalue weighted by atomic mass is 9.44. The van der Waals surface area contributed by atoms with E-state index in [1.807, 2.05) is 24.7 Å². The van der Waals surface area contributed by atoms with Gasteiger partial charge in [-0.15, -0.1) is 0 Å². The zero-order valence-corrected chi connectivity index (χ0v) is 18.6. The van der Waals surface area contributed by atoms with Gasteiger partial charge in [-0.05, 0) is 60.5 Å². The predicted molar refractivity (Wildman–Crippen MR) is 117 cm³/mol. The maximum Gasteiger partial charge on any atom is 0.253 e. The number of fused-ring (bicyclic) bond motifs is 2. The Labute approximate surface area is 179 Å². The minimum atomic E-state index is 0.00662. The maximum atomic E-state index is 13.0. The Balaban J connectivity index is 1.51. The van der Waals surface area contributed by atoms with Crippen molar-refractivity contribution in [3.05, 3.63) is 48.8 Å². The number of nitrogens with one attached hydrogen (secondary N) is 1. The normalized spacial score (nSPS) is 39.3. The van der Waals surface area contributed by atoms with Gasteiger partial charge in [0.15, 0.2) is 0 Å². The minimum Gasteiger partial charge on any atom is -0.349 e. The van der Waals surface area contributed by atoms with E-state index in [1.165, 1.54) is 25.7 Å². The van der Waals surface area contributed by atoms with Crippen LogP contribution in [0.5, 0.6) is 0 Å². The predicted octanol–water partition coefficient (Wildman–Crippen LogP) is 4.88. The summed E-state index contributed by atoms with van der Waals surface area (Å²) in [6.45, 7) is 9.85. The van der Waals surface area contributed by atoms with E-state index in [0.29, 0.717) is 34.3 Å². The molecule has 5 heteroatoms. The molecule has 160 valence electrons. The Morgan fingerprint density at radius 1 is 1.20 bits per heavy atom. The number of hydrogen-bond donors (Lipinski definition) is 1. The topological polar surface area (TPSA) is 59.8 Å². The van der Waals surface area contributed by atoms with E-state index in [2.05, 4.69) is 53.7 Å². The number of pyridine rings is 1. The summed E-state index contributed by atoms with van der Waals surface area (Å²) in [4.78, 5) is 21.5. The molecule has 3 aliphatic rings. The zero-order chi connectivity index (χ0) is 21.1. The van der Waals surface area contributed by atoms with Crippen molar-refractivity contribution in [3.63, 3.8) is 0 Å². The van der Waals surface area contributed by atoms with Crippen LogP contribution < -0.4 is 5.32 Å². The number of imidazole rings is 1. The molecule has 3 aliphatic carbocycles. The summed E-state index contributed by atoms with van der Waals surface area (Å²) < 4.78 is 2.33. The highest BCUT2D eigenvalue weighted by molar-refractivity contribution is 5.94. The second-order valence-corrected chi connectivity index (χ2v) is 10.9. The highest BCUT2D eigenvalue weighted by Gasteiger charge is 2.74. The van der Waals surface area contributed by atoms with Crippen LogP contribution in [0.2, 0.25) is 0 Å². The van der Waals surface area contributed by atoms with Crippen molar-refractivity contribution in [2.24, 2.45) is 28.1 Å². The largest absolute Gasteiger partial charge is 0.349 e. The lowest BCUT2D eigenvalue weighted by Gasteiger charge is -2.62. The number of amides is 1. The van der Waals surface area contributed by atoms with E-state index < -0.39 is 0 Å². The average molecular weight is 407 g/mol. The van der Waals surface area contributed by atoms with Gasteiger partial charge >= 0.3 is 0 Å². The van der Waals surface area contributed by atoms with Gasteiger partial charge in [0.2, 0.25) is 0 Å². The molecule has 0 aliphatic heterocycles. The van der Waals surface area contributed by atoms with Gasteiger partial charge in [-0.1, -0.05) is 34.1 Å². The molecule has 3 fully saturated rings. The molecule has 1 amide bonds. The molecule has 0 aromatic carbocycles. The lowest BCUT2D eigenvalue weighted by molar-refractivity contribution is -0.124. The highest BCUT2D eigenvalue weighted by Crippen LogP contribution is 2.79. The highest BCUT2D eigenvalue weighted by atomic mass is 16.1. The van der Waals surface area contributed by atoms with E-state index in [1.54, 1.807) is 12.4 Å². The fourth-order valence-corrected chi connectivity index (χ4v) is 7.72. The Morgan fingerprint density at radius 3 is 2.73 bits per heavy atom. The summed E-state index contributed by atoms with van der Waals surface area (Å²) in [7, 11) is 0. The van der Waals surface area contributed by atoms with Crippen LogP contribution in [0.25, 0.3) is 0 Å². The SMILES string of the molecule is C[C@@H]1[C@H](NC(=O)c2cccnc2)CC2C(C)(C)CCC[C@]2(C)C12C[C@H]2n1ccnc1. The first-order valence-electron chi connectivity index (χ1n) is 11.5. The van der Waals surface area contributed by atoms with Crippen LogP contribution >= 0.6 is 0 Å². The quantitative estimate of drug-likeness (QED) is 0.790. The monoisotopic (exact) mass is 406 g/mol. The van der Waals surface area contributed by atoms with E-state index in [-0.39, 0.29) is 17.4 Å². The number of aromatic nitrogens is 3. The molecule has 0 radical (unpaired) electrons. The third kappa shape index (κ3) is 2.70. The molecule has 5 rings (SSSR count). The fraction of sp³-hybridized carbons (Fsp3) is 0.640. The van der Waals surface area contributed by atoms with Crippen molar-refractivity contribution < 1.29 is 4.79 Å². The summed E-state index contributed by atoms with van der Waals surface area (Å²) in [5.41, 5.74) is 1.44. The lowest BCUT2D eigenvalue weighted by Crippen LogP contribution is -2.60. The summed E-state index contributed by atoms with van der Waals surface area (Å²) in [6, 6.07) is 4.35. The summed E-state index contributed by atoms with van der Waals surface area (Å²) in [6.07, 6.45) is 15.5. The van der Waals surface area contributed by atoms with Gasteiger partial charge in [-0.25, -0.2) is 4.98 Å². The first-order chi connectivity index (χ1) is 14.3. The van der Waals surface area contributed by atoms with Crippen molar-refractivity contribution in [2.45, 2.75) is 71.9 Å². The van der Waals surface area contributed by atoms with Crippen LogP contribution in [0.1, 0.15) is 76.2 Å². The van der Waals surface area contributed by atoms with Gasteiger partial charge in [0.1, 0.15) is 0 Å². The molecular weight excluding hydrogens is 372 g/mol. The van der Waals surface area contributed by atoms with Crippen molar-refractivity contribution in [1.82, 2.24) is 19.9 Å². The van der Waals surface area contributed by atoms with Crippen LogP contribution in [0.4, 0.5) is 0 Å². The molecule has 2 unspecified atom stereocenters. The molecule has 0 bridgehead atoms. The Bertz CT molecular complexity index is 924. The minimum absolute atomic E-state index is 0.00662. The number of rotatable bonds is 3. The second-order valence-electron chi connectivity index (χ2n) is 10.9. The Kier molecular flexibility index (Phi) is 4.39. The van der Waals surface area contributed by atoms with Crippen LogP contribution in [0.15, 0.2) is 43.2 Å². The maximum absolute atomic E-state index is 13.0. The van der Waals surface area contributed by atoms with Crippen LogP contribution in [0.3, 0.4) is 0 Å². The third-order valence-corrected chi connectivity index (χ3v) is 9.29. The number of carbonyl (C=O) groups excluding carboxylic acids is 1. The average Bonchev–Trinajstić information content (AvgIpc) is 3.25. The molecule has 30 heavy (non-hydrogen) atoms. The Hall–Kier alpha value is -2.17. The molecule has 2 aromatic heterocycles. The molecule has 2 heterocycles. The number of nitrogens with zero attached hydrogens (tertiary/aromatic N) is 3. The first kappa shape index (κ1) is 19.8. The van der Waals surface area contributed by atoms with Crippen LogP contribution in [-0.4, -0.2) is 26.5 Å². The molecule has 2 aromatic rings. The van der Waals surface area contributed by atoms with Crippen molar-refractivity contribution >= 4 is 5.91 Å². The summed E-state index contributed by atoms with van der Waals surface area (Å²) in [5.74, 6) is 1.02. The molecule has 1 N–H and O–H groups in total. The van der Waals surface area contributed by atoms with Crippen molar-refractivity contribution in [1.29, 1.82) is 0 Å². The van der Waals surface area contributed by atoms with E-state index in [9.17, 15) is 4.79 Å². The van der Waals surface area contributed by atoms with Crippen LogP contribution in [0, 0.1) is 28.1 Å². The molecular formula is C25H34N4O. The van der Waals surface area contributed by atoms with Gasteiger partial charge in [-0.2, -0.15) is 0 Å². The van der Waals surface area contributed by atoms with Gasteiger partial charge in [0.25, 0.3) is 5.91 Å². The molecule has 3 saturated carbocycles. The van der Waals surface area contributed by atoms with Crippen molar-refractivity contribution in [2.75, 3.05) is 0 Å². The Morgan fingerprint density at radius 2 is 2.03 bits per heavy atom. The molecule has 5 nitrogen and oxygen atoms in total. The van der Waals surface area contributed by atoms with Crippen molar-refractivity contribution in [3.8, 4) is 0 Å². The van der Waals surface area contributed by atoms with Gasteiger partial charge in [-0.3, -0.25) is 9.78 Å². The van der Waals surface area contributed by atoms with Gasteiger partial charge in [0, 0.05) is 42.3 Å². The van der Waals surface area contributed by atoms with Gasteiger partial charge in [0.05, 0.1) is 11.9 Å². The van der Waals surface area contributed by atoms with E-state index in [4.69, 9.17) is 0 Å². The standard InChI is InChI=1S/C25H34N4O/c1-17-19(28-22(30)18-7-5-10-26-15-18)13-20-23(2,3)8-6-9-24(20,4)25(17)14-21(25)29-12-11-27-16-29/h5,7,10-12,15-17,19-21H,6,8-9,13-14H2,1-4H3,(H,28,30)/t17-,19-,20?,21-,24+,25?/m1/s1. The van der Waals surface area contributed by atoms with E-state index >= 15 is 0 Å². The number of carbonyl (C=O) groups is 1. The molecule has 6 atom stereocenters. The summed E-state index contributed by atoms with van der Waals surface area (Å²) >= 11 is 0. The first-order valence-corrected chi connectivity index (χ1v) is 11.5. The fourth-order valence-electron chi connectivity index (χ4n) is 7.72.